The number of nitrogens with zero attached hydrogens (tertiary/aromatic N) is 3. The van der Waals surface area contributed by atoms with Crippen molar-refractivity contribution in [2.24, 2.45) is 0 Å². The number of ether oxygens (including phenoxy) is 3. The van der Waals surface area contributed by atoms with Gasteiger partial charge in [-0.1, -0.05) is 12.1 Å². The molecule has 2 heterocycles. The lowest BCUT2D eigenvalue weighted by Crippen LogP contribution is -2.53. The van der Waals surface area contributed by atoms with Crippen LogP contribution in [-0.4, -0.2) is 44.9 Å². The lowest BCUT2D eigenvalue weighted by Gasteiger charge is -2.34. The quantitative estimate of drug-likeness (QED) is 0.326. The minimum atomic E-state index is -1.87. The highest BCUT2D eigenvalue weighted by molar-refractivity contribution is 9.10. The van der Waals surface area contributed by atoms with E-state index in [0.29, 0.717) is 16.3 Å². The van der Waals surface area contributed by atoms with E-state index in [1.54, 1.807) is 86.6 Å². The molecule has 0 saturated heterocycles. The van der Waals surface area contributed by atoms with E-state index in [0.717, 1.165) is 0 Å². The number of fused-ring (bicyclic) bond motifs is 1. The van der Waals surface area contributed by atoms with Crippen LogP contribution in [0.4, 0.5) is 26.8 Å². The fraction of sp³-hybridized carbons (Fsp3) is 0.500. The Kier molecular flexibility index (Phi) is 7.71. The minimum absolute atomic E-state index is 0.117. The van der Waals surface area contributed by atoms with Crippen LogP contribution in [0.1, 0.15) is 68.0 Å². The number of carbonyl (C=O) groups is 3. The van der Waals surface area contributed by atoms with Gasteiger partial charge in [-0.15, -0.1) is 0 Å². The number of hydrogen-bond acceptors (Lipinski definition) is 10. The highest BCUT2D eigenvalue weighted by atomic mass is 79.9. The van der Waals surface area contributed by atoms with Crippen molar-refractivity contribution in [1.82, 2.24) is 9.97 Å². The highest BCUT2D eigenvalue weighted by Crippen LogP contribution is 2.43. The zero-order chi connectivity index (χ0) is 28.7. The second kappa shape index (κ2) is 10.0. The molecule has 2 aromatic rings. The van der Waals surface area contributed by atoms with Gasteiger partial charge < -0.3 is 24.8 Å². The Hall–Kier alpha value is -3.41. The van der Waals surface area contributed by atoms with Crippen molar-refractivity contribution in [2.75, 3.05) is 15.5 Å². The van der Waals surface area contributed by atoms with Crippen LogP contribution >= 0.6 is 15.9 Å². The first-order valence-electron chi connectivity index (χ1n) is 12.0. The molecule has 0 bridgehead atoms. The first kappa shape index (κ1) is 29.2. The lowest BCUT2D eigenvalue weighted by atomic mass is 10.0. The molecule has 206 valence electrons. The van der Waals surface area contributed by atoms with E-state index in [-0.39, 0.29) is 16.1 Å². The van der Waals surface area contributed by atoms with E-state index >= 15 is 0 Å². The highest BCUT2D eigenvalue weighted by Gasteiger charge is 2.53. The predicted molar refractivity (Wildman–Crippen MR) is 146 cm³/mol. The van der Waals surface area contributed by atoms with E-state index in [1.807, 2.05) is 0 Å². The van der Waals surface area contributed by atoms with Crippen molar-refractivity contribution in [3.05, 3.63) is 40.8 Å². The van der Waals surface area contributed by atoms with E-state index < -0.39 is 40.6 Å². The lowest BCUT2D eigenvalue weighted by molar-refractivity contribution is -0.159. The number of carbonyl (C=O) groups excluding carboxylic acids is 3. The molecular formula is C26H34BrN5O6. The van der Waals surface area contributed by atoms with E-state index in [1.165, 1.54) is 6.20 Å². The number of nitrogens with one attached hydrogen (secondary N) is 2. The second-order valence-corrected chi connectivity index (χ2v) is 12.5. The van der Waals surface area contributed by atoms with Crippen LogP contribution in [0.5, 0.6) is 0 Å². The summed E-state index contributed by atoms with van der Waals surface area (Å²) in [6.45, 7) is 15.1. The smallest absolute Gasteiger partial charge is 0.425 e. The number of para-hydroxylation sites is 2. The maximum atomic E-state index is 13.9. The number of aromatic nitrogens is 2. The molecule has 1 aromatic carbocycles. The van der Waals surface area contributed by atoms with Gasteiger partial charge in [0, 0.05) is 0 Å². The normalized spacial score (nSPS) is 14.5. The van der Waals surface area contributed by atoms with Gasteiger partial charge in [-0.05, 0) is 90.4 Å². The Labute approximate surface area is 230 Å². The summed E-state index contributed by atoms with van der Waals surface area (Å²) >= 11 is 3.30. The second-order valence-electron chi connectivity index (χ2n) is 11.7. The summed E-state index contributed by atoms with van der Waals surface area (Å²) in [6.07, 6.45) is -0.815. The fourth-order valence-electron chi connectivity index (χ4n) is 3.45. The van der Waals surface area contributed by atoms with E-state index in [4.69, 9.17) is 14.2 Å². The van der Waals surface area contributed by atoms with Gasteiger partial charge in [0.15, 0.2) is 5.82 Å². The Balaban J connectivity index is 2.27. The molecule has 2 amide bonds. The molecule has 3 rings (SSSR count). The number of hydrogen-bond donors (Lipinski definition) is 2. The topological polar surface area (TPSA) is 132 Å². The molecule has 38 heavy (non-hydrogen) atoms. The van der Waals surface area contributed by atoms with Crippen molar-refractivity contribution in [2.45, 2.75) is 84.8 Å². The van der Waals surface area contributed by atoms with Crippen LogP contribution in [0, 0.1) is 0 Å². The van der Waals surface area contributed by atoms with Crippen LogP contribution < -0.4 is 15.5 Å². The average Bonchev–Trinajstić information content (AvgIpc) is 3.12. The maximum Gasteiger partial charge on any atom is 0.425 e. The summed E-state index contributed by atoms with van der Waals surface area (Å²) in [7, 11) is 0. The number of anilines is 3. The number of halogens is 1. The molecule has 2 N–H and O–H groups in total. The Morgan fingerprint density at radius 1 is 0.816 bits per heavy atom. The third kappa shape index (κ3) is 6.72. The van der Waals surface area contributed by atoms with Gasteiger partial charge in [-0.3, -0.25) is 0 Å². The third-order valence-corrected chi connectivity index (χ3v) is 5.10. The first-order chi connectivity index (χ1) is 17.3. The van der Waals surface area contributed by atoms with Gasteiger partial charge >= 0.3 is 18.2 Å². The predicted octanol–water partition coefficient (Wildman–Crippen LogP) is 5.95. The van der Waals surface area contributed by atoms with Gasteiger partial charge in [-0.2, -0.15) is 4.90 Å². The summed E-state index contributed by atoms with van der Waals surface area (Å²) in [5, 5.41) is 6.29. The van der Waals surface area contributed by atoms with Crippen LogP contribution in [0.3, 0.4) is 0 Å². The number of amides is 2. The molecule has 1 aliphatic rings. The molecule has 11 nitrogen and oxygen atoms in total. The molecule has 0 aliphatic carbocycles. The van der Waals surface area contributed by atoms with Crippen molar-refractivity contribution >= 4 is 51.3 Å². The van der Waals surface area contributed by atoms with Crippen LogP contribution in [0.25, 0.3) is 0 Å². The van der Waals surface area contributed by atoms with Crippen molar-refractivity contribution < 1.29 is 28.6 Å². The number of imide groups is 1. The summed E-state index contributed by atoms with van der Waals surface area (Å²) in [6, 6.07) is 7.11. The monoisotopic (exact) mass is 591 g/mol. The molecule has 12 heteroatoms. The van der Waals surface area contributed by atoms with Crippen LogP contribution in [-0.2, 0) is 24.7 Å². The van der Waals surface area contributed by atoms with Crippen molar-refractivity contribution in [1.29, 1.82) is 0 Å². The maximum absolute atomic E-state index is 13.9. The van der Waals surface area contributed by atoms with E-state index in [9.17, 15) is 14.4 Å². The van der Waals surface area contributed by atoms with Gasteiger partial charge in [0.2, 0.25) is 0 Å². The SMILES string of the molecule is CC(C)(C)OC(=O)N(C(=O)OC(C)(C)C)c1ncc(Br)nc1C1(C(=O)OC(C)(C)C)Nc2ccccc2N1. The zero-order valence-electron chi connectivity index (χ0n) is 23.1. The molecular weight excluding hydrogens is 558 g/mol. The Morgan fingerprint density at radius 2 is 1.26 bits per heavy atom. The number of esters is 1. The zero-order valence-corrected chi connectivity index (χ0v) is 24.6. The third-order valence-electron chi connectivity index (χ3n) is 4.72. The molecule has 0 spiro atoms. The molecule has 0 unspecified atom stereocenters. The summed E-state index contributed by atoms with van der Waals surface area (Å²) in [5.41, 5.74) is -3.62. The van der Waals surface area contributed by atoms with Gasteiger partial charge in [0.1, 0.15) is 27.1 Å². The van der Waals surface area contributed by atoms with Crippen LogP contribution in [0.2, 0.25) is 0 Å². The molecule has 1 aromatic heterocycles. The Morgan fingerprint density at radius 3 is 1.68 bits per heavy atom. The Bertz CT molecular complexity index is 1190. The standard InChI is InChI=1S/C26H34BrN5O6/c1-23(2,3)36-20(33)26(30-15-12-10-11-13-16(15)31-26)18-19(28-14-17(27)29-18)32(21(34)37-24(4,5)6)22(35)38-25(7,8)9/h10-14,30-31H,1-9H3. The molecule has 0 saturated carbocycles. The fourth-order valence-corrected chi connectivity index (χ4v) is 3.73. The van der Waals surface area contributed by atoms with Crippen molar-refractivity contribution in [3.63, 3.8) is 0 Å². The van der Waals surface area contributed by atoms with E-state index in [2.05, 4.69) is 36.5 Å². The summed E-state index contributed by atoms with van der Waals surface area (Å²) in [4.78, 5) is 50.2. The van der Waals surface area contributed by atoms with Gasteiger partial charge in [-0.25, -0.2) is 24.4 Å². The molecule has 0 fully saturated rings. The minimum Gasteiger partial charge on any atom is -0.457 e. The van der Waals surface area contributed by atoms with Crippen molar-refractivity contribution in [3.8, 4) is 0 Å². The van der Waals surface area contributed by atoms with Gasteiger partial charge in [0.25, 0.3) is 5.66 Å². The number of rotatable bonds is 3. The molecule has 1 aliphatic heterocycles. The van der Waals surface area contributed by atoms with Gasteiger partial charge in [0.05, 0.1) is 17.6 Å². The number of benzene rings is 1. The van der Waals surface area contributed by atoms with Crippen LogP contribution in [0.15, 0.2) is 35.1 Å². The average molecular weight is 592 g/mol. The largest absolute Gasteiger partial charge is 0.457 e. The molecule has 0 atom stereocenters. The summed E-state index contributed by atoms with van der Waals surface area (Å²) in [5.74, 6) is -1.04. The summed E-state index contributed by atoms with van der Waals surface area (Å²) < 4.78 is 17.1. The first-order valence-corrected chi connectivity index (χ1v) is 12.8. The molecule has 0 radical (unpaired) electrons.